The summed E-state index contributed by atoms with van der Waals surface area (Å²) < 4.78 is 16.6. The lowest BCUT2D eigenvalue weighted by molar-refractivity contribution is 0.0714. The molecule has 0 aliphatic carbocycles. The maximum atomic E-state index is 13.0. The molecule has 4 aromatic rings. The molecule has 2 N–H and O–H groups in total. The molecule has 0 spiro atoms. The maximum absolute atomic E-state index is 13.0. The van der Waals surface area contributed by atoms with E-state index in [2.05, 4.69) is 22.8 Å². The third-order valence-electron chi connectivity index (χ3n) is 5.48. The summed E-state index contributed by atoms with van der Waals surface area (Å²) in [6.45, 7) is 1.21. The molecule has 2 aromatic heterocycles. The first kappa shape index (κ1) is 20.0. The molecule has 8 heteroatoms. The smallest absolute Gasteiger partial charge is 0.319 e. The number of hydrogen-bond acceptors (Lipinski definition) is 4. The first-order valence-corrected chi connectivity index (χ1v) is 11.7. The Morgan fingerprint density at radius 3 is 2.48 bits per heavy atom. The fourth-order valence-corrected chi connectivity index (χ4v) is 6.37. The fourth-order valence-electron chi connectivity index (χ4n) is 3.87. The highest BCUT2D eigenvalue weighted by Crippen LogP contribution is 2.39. The van der Waals surface area contributed by atoms with Crippen LogP contribution in [0.15, 0.2) is 54.6 Å². The molecule has 3 heterocycles. The number of amides is 3. The van der Waals surface area contributed by atoms with Crippen molar-refractivity contribution in [3.05, 3.63) is 65.3 Å². The molecule has 2 aromatic carbocycles. The van der Waals surface area contributed by atoms with E-state index in [1.807, 2.05) is 23.1 Å². The average Bonchev–Trinajstić information content (AvgIpc) is 3.33. The number of carbonyl (C=O) groups excluding carboxylic acids is 2. The molecule has 0 bridgehead atoms. The highest BCUT2D eigenvalue weighted by atomic mass is 32.1. The molecule has 5 nitrogen and oxygen atoms in total. The first-order valence-electron chi connectivity index (χ1n) is 10.1. The standard InChI is InChI=1S/C23H20FN3O2S2/c24-14-5-7-15(8-6-14)25-23(29)26-16-9-11-27(12-10-16)22(28)20-13-19-21(31-20)17-3-1-2-4-18(17)30-19/h1-8,13,16H,9-12H2,(H2,25,26,29). The van der Waals surface area contributed by atoms with Gasteiger partial charge in [-0.05, 0) is 49.2 Å². The van der Waals surface area contributed by atoms with Gasteiger partial charge in [0.2, 0.25) is 0 Å². The number of rotatable bonds is 3. The number of halogens is 1. The van der Waals surface area contributed by atoms with Crippen LogP contribution in [0, 0.1) is 5.82 Å². The normalized spacial score (nSPS) is 14.8. The largest absolute Gasteiger partial charge is 0.338 e. The summed E-state index contributed by atoms with van der Waals surface area (Å²) in [4.78, 5) is 27.8. The monoisotopic (exact) mass is 453 g/mol. The Hall–Kier alpha value is -2.97. The Bertz CT molecular complexity index is 1260. The second kappa shape index (κ2) is 8.28. The number of piperidine rings is 1. The lowest BCUT2D eigenvalue weighted by atomic mass is 10.1. The van der Waals surface area contributed by atoms with Crippen molar-refractivity contribution >= 4 is 59.8 Å². The lowest BCUT2D eigenvalue weighted by Crippen LogP contribution is -2.47. The summed E-state index contributed by atoms with van der Waals surface area (Å²) in [5.41, 5.74) is 0.539. The maximum Gasteiger partial charge on any atom is 0.319 e. The summed E-state index contributed by atoms with van der Waals surface area (Å²) in [6.07, 6.45) is 1.40. The first-order chi connectivity index (χ1) is 15.1. The van der Waals surface area contributed by atoms with E-state index >= 15 is 0 Å². The van der Waals surface area contributed by atoms with Gasteiger partial charge in [0.15, 0.2) is 0 Å². The summed E-state index contributed by atoms with van der Waals surface area (Å²) in [6, 6.07) is 15.6. The van der Waals surface area contributed by atoms with Crippen molar-refractivity contribution in [1.82, 2.24) is 10.2 Å². The third kappa shape index (κ3) is 4.13. The molecule has 0 unspecified atom stereocenters. The molecular weight excluding hydrogens is 433 g/mol. The Labute approximate surface area is 186 Å². The highest BCUT2D eigenvalue weighted by molar-refractivity contribution is 7.33. The molecule has 3 amide bonds. The van der Waals surface area contributed by atoms with E-state index in [4.69, 9.17) is 0 Å². The van der Waals surface area contributed by atoms with E-state index in [0.29, 0.717) is 31.6 Å². The Kier molecular flexibility index (Phi) is 5.33. The number of urea groups is 1. The van der Waals surface area contributed by atoms with Crippen LogP contribution in [0.1, 0.15) is 22.5 Å². The van der Waals surface area contributed by atoms with Crippen molar-refractivity contribution in [1.29, 1.82) is 0 Å². The zero-order chi connectivity index (χ0) is 21.4. The van der Waals surface area contributed by atoms with Crippen LogP contribution in [-0.4, -0.2) is 36.0 Å². The number of likely N-dealkylation sites (tertiary alicyclic amines) is 1. The zero-order valence-corrected chi connectivity index (χ0v) is 18.2. The molecule has 31 heavy (non-hydrogen) atoms. The average molecular weight is 454 g/mol. The summed E-state index contributed by atoms with van der Waals surface area (Å²) >= 11 is 3.28. The second-order valence-electron chi connectivity index (χ2n) is 7.57. The number of carbonyl (C=O) groups is 2. The molecule has 0 radical (unpaired) electrons. The number of benzene rings is 2. The number of thiophene rings is 2. The predicted octanol–water partition coefficient (Wildman–Crippen LogP) is 5.68. The molecule has 1 saturated heterocycles. The molecule has 1 aliphatic heterocycles. The van der Waals surface area contributed by atoms with Crippen LogP contribution in [-0.2, 0) is 0 Å². The van der Waals surface area contributed by atoms with Crippen LogP contribution >= 0.6 is 22.7 Å². The van der Waals surface area contributed by atoms with Gasteiger partial charge in [0.1, 0.15) is 5.82 Å². The molecule has 5 rings (SSSR count). The van der Waals surface area contributed by atoms with Crippen LogP contribution in [0.4, 0.5) is 14.9 Å². The minimum Gasteiger partial charge on any atom is -0.338 e. The Balaban J connectivity index is 1.18. The van der Waals surface area contributed by atoms with Crippen molar-refractivity contribution in [2.24, 2.45) is 0 Å². The van der Waals surface area contributed by atoms with Crippen LogP contribution in [0.25, 0.3) is 19.5 Å². The van der Waals surface area contributed by atoms with Gasteiger partial charge in [-0.2, -0.15) is 0 Å². The lowest BCUT2D eigenvalue weighted by Gasteiger charge is -2.32. The van der Waals surface area contributed by atoms with Crippen molar-refractivity contribution in [3.8, 4) is 0 Å². The van der Waals surface area contributed by atoms with Gasteiger partial charge in [0.05, 0.1) is 9.58 Å². The molecule has 1 fully saturated rings. The summed E-state index contributed by atoms with van der Waals surface area (Å²) in [5, 5.41) is 6.86. The van der Waals surface area contributed by atoms with Crippen molar-refractivity contribution in [2.75, 3.05) is 18.4 Å². The van der Waals surface area contributed by atoms with Gasteiger partial charge in [-0.15, -0.1) is 22.7 Å². The van der Waals surface area contributed by atoms with Gasteiger partial charge in [0.25, 0.3) is 5.91 Å². The van der Waals surface area contributed by atoms with Crippen LogP contribution < -0.4 is 10.6 Å². The van der Waals surface area contributed by atoms with Gasteiger partial charge < -0.3 is 15.5 Å². The topological polar surface area (TPSA) is 61.4 Å². The predicted molar refractivity (Wildman–Crippen MR) is 125 cm³/mol. The fraction of sp³-hybridized carbons (Fsp3) is 0.217. The second-order valence-corrected chi connectivity index (χ2v) is 9.71. The Morgan fingerprint density at radius 2 is 1.71 bits per heavy atom. The molecule has 0 atom stereocenters. The quantitative estimate of drug-likeness (QED) is 0.419. The third-order valence-corrected chi connectivity index (χ3v) is 7.88. The highest BCUT2D eigenvalue weighted by Gasteiger charge is 2.26. The Morgan fingerprint density at radius 1 is 0.968 bits per heavy atom. The van der Waals surface area contributed by atoms with E-state index in [0.717, 1.165) is 9.58 Å². The van der Waals surface area contributed by atoms with Gasteiger partial charge >= 0.3 is 6.03 Å². The van der Waals surface area contributed by atoms with Crippen LogP contribution in [0.2, 0.25) is 0 Å². The molecule has 0 saturated carbocycles. The number of anilines is 1. The molecule has 1 aliphatic rings. The number of hydrogen-bond donors (Lipinski definition) is 2. The molecule has 158 valence electrons. The van der Waals surface area contributed by atoms with Crippen LogP contribution in [0.3, 0.4) is 0 Å². The van der Waals surface area contributed by atoms with Gasteiger partial charge in [-0.25, -0.2) is 9.18 Å². The zero-order valence-electron chi connectivity index (χ0n) is 16.6. The van der Waals surface area contributed by atoms with Gasteiger partial charge in [-0.1, -0.05) is 18.2 Å². The van der Waals surface area contributed by atoms with Crippen LogP contribution in [0.5, 0.6) is 0 Å². The van der Waals surface area contributed by atoms with Crippen molar-refractivity contribution in [2.45, 2.75) is 18.9 Å². The van der Waals surface area contributed by atoms with Gasteiger partial charge in [-0.3, -0.25) is 4.79 Å². The SMILES string of the molecule is O=C(Nc1ccc(F)cc1)NC1CCN(C(=O)c2cc3sc4ccccc4c3s2)CC1. The van der Waals surface area contributed by atoms with E-state index in [1.165, 1.54) is 39.1 Å². The van der Waals surface area contributed by atoms with Crippen molar-refractivity contribution < 1.29 is 14.0 Å². The van der Waals surface area contributed by atoms with Gasteiger partial charge in [0, 0.05) is 39.6 Å². The molecular formula is C23H20FN3O2S2. The van der Waals surface area contributed by atoms with E-state index in [9.17, 15) is 14.0 Å². The van der Waals surface area contributed by atoms with E-state index < -0.39 is 0 Å². The number of nitrogens with one attached hydrogen (secondary N) is 2. The number of fused-ring (bicyclic) bond motifs is 3. The summed E-state index contributed by atoms with van der Waals surface area (Å²) in [5.74, 6) is -0.284. The minimum absolute atomic E-state index is 0.000252. The minimum atomic E-state index is -0.346. The summed E-state index contributed by atoms with van der Waals surface area (Å²) in [7, 11) is 0. The van der Waals surface area contributed by atoms with E-state index in [-0.39, 0.29) is 23.8 Å². The number of nitrogens with zero attached hydrogens (tertiary/aromatic N) is 1. The van der Waals surface area contributed by atoms with E-state index in [1.54, 1.807) is 22.7 Å². The van der Waals surface area contributed by atoms with Crippen molar-refractivity contribution in [3.63, 3.8) is 0 Å².